The van der Waals surface area contributed by atoms with Gasteiger partial charge < -0.3 is 9.80 Å². The summed E-state index contributed by atoms with van der Waals surface area (Å²) in [6.45, 7) is 4.69. The minimum Gasteiger partial charge on any atom is -0.348 e. The minimum atomic E-state index is -6.74. The van der Waals surface area contributed by atoms with E-state index in [1.807, 2.05) is 0 Å². The Morgan fingerprint density at radius 3 is 1.04 bits per heavy atom. The summed E-state index contributed by atoms with van der Waals surface area (Å²) in [5, 5.41) is 0. The number of halogens is 14. The maximum atomic E-state index is 14.3. The Labute approximate surface area is 252 Å². The largest absolute Gasteiger partial charge is 0.460 e. The van der Waals surface area contributed by atoms with Gasteiger partial charge in [-0.2, -0.15) is 61.5 Å². The first-order valence-corrected chi connectivity index (χ1v) is 13.3. The molecule has 0 radical (unpaired) electrons. The van der Waals surface area contributed by atoms with Crippen LogP contribution in [0.3, 0.4) is 0 Å². The highest BCUT2D eigenvalue weighted by Crippen LogP contribution is 2.52. The van der Waals surface area contributed by atoms with Crippen LogP contribution in [0, 0.1) is 10.8 Å². The van der Waals surface area contributed by atoms with Crippen LogP contribution in [0.4, 0.5) is 72.8 Å². The van der Waals surface area contributed by atoms with Crippen LogP contribution in [-0.2, 0) is 9.59 Å². The molecule has 0 unspecified atom stereocenters. The third kappa shape index (κ3) is 6.07. The lowest BCUT2D eigenvalue weighted by Gasteiger charge is -2.39. The van der Waals surface area contributed by atoms with Crippen molar-refractivity contribution in [1.29, 1.82) is 0 Å². The highest BCUT2D eigenvalue weighted by atomic mass is 19.4. The van der Waals surface area contributed by atoms with Crippen molar-refractivity contribution in [3.05, 3.63) is 47.8 Å². The van der Waals surface area contributed by atoms with E-state index < -0.39 is 69.6 Å². The molecule has 1 aromatic carbocycles. The molecule has 0 aliphatic carbocycles. The van der Waals surface area contributed by atoms with Crippen molar-refractivity contribution in [3.8, 4) is 0 Å². The van der Waals surface area contributed by atoms with E-state index in [9.17, 15) is 71.1 Å². The number of Topliss-reactive ketones (excluding diaryl/α,β-unsaturated/α-hetero) is 2. The maximum absolute atomic E-state index is 14.3. The number of hydrogen-bond donors (Lipinski definition) is 0. The van der Waals surface area contributed by atoms with Crippen molar-refractivity contribution >= 4 is 22.9 Å². The van der Waals surface area contributed by atoms with E-state index in [-0.39, 0.29) is 37.3 Å². The van der Waals surface area contributed by atoms with Gasteiger partial charge >= 0.3 is 36.0 Å². The lowest BCUT2D eigenvalue weighted by Crippen LogP contribution is -2.57. The molecule has 0 atom stereocenters. The van der Waals surface area contributed by atoms with Crippen LogP contribution in [0.25, 0.3) is 0 Å². The molecule has 0 spiro atoms. The van der Waals surface area contributed by atoms with Crippen LogP contribution >= 0.6 is 0 Å². The van der Waals surface area contributed by atoms with Gasteiger partial charge in [0, 0.05) is 48.0 Å². The number of benzene rings is 1. The second-order valence-corrected chi connectivity index (χ2v) is 12.2. The van der Waals surface area contributed by atoms with Gasteiger partial charge in [0.1, 0.15) is 0 Å². The fourth-order valence-corrected chi connectivity index (χ4v) is 4.81. The van der Waals surface area contributed by atoms with Crippen molar-refractivity contribution in [2.24, 2.45) is 10.8 Å². The van der Waals surface area contributed by atoms with Crippen LogP contribution in [0.5, 0.6) is 0 Å². The zero-order valence-corrected chi connectivity index (χ0v) is 24.3. The topological polar surface area (TPSA) is 40.6 Å². The summed E-state index contributed by atoms with van der Waals surface area (Å²) >= 11 is 0. The summed E-state index contributed by atoms with van der Waals surface area (Å²) < 4.78 is 188. The van der Waals surface area contributed by atoms with Gasteiger partial charge in [-0.3, -0.25) is 9.59 Å². The van der Waals surface area contributed by atoms with Gasteiger partial charge in [0.05, 0.1) is 0 Å². The fourth-order valence-electron chi connectivity index (χ4n) is 4.81. The SMILES string of the molecule is CC1(C)CCN(c2ccc(N3C=C(C(=O)C(F)(F)C(F)(F)C(F)(F)F)C(C)(C)CC3)cc2)C=C1C(=O)C(F)(F)C(F)(F)C(F)(F)F. The fraction of sp³-hybridized carbons (Fsp3) is 0.571. The first-order chi connectivity index (χ1) is 20.4. The Morgan fingerprint density at radius 2 is 0.804 bits per heavy atom. The lowest BCUT2D eigenvalue weighted by atomic mass is 9.75. The monoisotopic (exact) mass is 688 g/mol. The molecule has 18 heteroatoms. The quantitative estimate of drug-likeness (QED) is 0.256. The number of anilines is 2. The van der Waals surface area contributed by atoms with Crippen LogP contribution in [0.2, 0.25) is 0 Å². The number of nitrogens with zero attached hydrogens (tertiary/aromatic N) is 2. The van der Waals surface area contributed by atoms with Gasteiger partial charge in [-0.05, 0) is 47.9 Å². The number of carbonyl (C=O) groups is 2. The van der Waals surface area contributed by atoms with Gasteiger partial charge in [0.15, 0.2) is 0 Å². The van der Waals surface area contributed by atoms with Crippen LogP contribution in [-0.4, -0.2) is 60.7 Å². The predicted molar refractivity (Wildman–Crippen MR) is 136 cm³/mol. The average molecular weight is 689 g/mol. The number of ketones is 2. The second-order valence-electron chi connectivity index (χ2n) is 12.2. The molecule has 2 aliphatic rings. The number of carbonyl (C=O) groups excluding carboxylic acids is 2. The van der Waals surface area contributed by atoms with E-state index in [4.69, 9.17) is 0 Å². The van der Waals surface area contributed by atoms with Crippen molar-refractivity contribution in [2.75, 3.05) is 22.9 Å². The van der Waals surface area contributed by atoms with Crippen LogP contribution in [0.1, 0.15) is 40.5 Å². The van der Waals surface area contributed by atoms with E-state index >= 15 is 0 Å². The first kappa shape index (κ1) is 37.1. The molecule has 0 fully saturated rings. The van der Waals surface area contributed by atoms with Crippen LogP contribution in [0.15, 0.2) is 47.8 Å². The molecule has 258 valence electrons. The second kappa shape index (κ2) is 11.1. The van der Waals surface area contributed by atoms with E-state index in [1.54, 1.807) is 0 Å². The van der Waals surface area contributed by atoms with Crippen molar-refractivity contribution in [2.45, 2.75) is 76.6 Å². The molecular formula is C28H26F14N2O2. The molecule has 0 saturated heterocycles. The third-order valence-corrected chi connectivity index (χ3v) is 8.06. The molecule has 0 aromatic heterocycles. The Hall–Kier alpha value is -3.34. The molecule has 46 heavy (non-hydrogen) atoms. The molecule has 4 nitrogen and oxygen atoms in total. The van der Waals surface area contributed by atoms with Gasteiger partial charge in [0.25, 0.3) is 0 Å². The smallest absolute Gasteiger partial charge is 0.348 e. The molecule has 1 aromatic rings. The van der Waals surface area contributed by atoms with Gasteiger partial charge in [-0.15, -0.1) is 0 Å². The first-order valence-electron chi connectivity index (χ1n) is 13.3. The van der Waals surface area contributed by atoms with E-state index in [0.717, 1.165) is 9.80 Å². The van der Waals surface area contributed by atoms with E-state index in [2.05, 4.69) is 0 Å². The van der Waals surface area contributed by atoms with Gasteiger partial charge in [-0.25, -0.2) is 0 Å². The highest BCUT2D eigenvalue weighted by Gasteiger charge is 2.77. The number of allylic oxidation sites excluding steroid dienone is 2. The Morgan fingerprint density at radius 1 is 0.543 bits per heavy atom. The average Bonchev–Trinajstić information content (AvgIpc) is 2.90. The zero-order valence-electron chi connectivity index (χ0n) is 24.3. The molecule has 2 heterocycles. The molecular weight excluding hydrogens is 662 g/mol. The summed E-state index contributed by atoms with van der Waals surface area (Å²) in [6.07, 6.45) is -12.4. The minimum absolute atomic E-state index is 0.0384. The summed E-state index contributed by atoms with van der Waals surface area (Å²) in [5.41, 5.74) is -5.00. The van der Waals surface area contributed by atoms with Crippen LogP contribution < -0.4 is 9.80 Å². The molecule has 2 aliphatic heterocycles. The number of alkyl halides is 14. The Kier molecular flexibility index (Phi) is 8.98. The normalized spacial score (nSPS) is 19.9. The highest BCUT2D eigenvalue weighted by molar-refractivity contribution is 6.04. The maximum Gasteiger partial charge on any atom is 0.460 e. The standard InChI is InChI=1S/C28H26F14N2O2/c1-21(2)9-11-43(13-17(21)19(45)23(29,30)25(33,34)27(37,38)39)15-5-7-16(8-6-15)44-12-10-22(3,4)18(14-44)20(46)24(31,32)26(35,36)28(40,41)42/h5-8,13-14H,9-12H2,1-4H3. The Bertz CT molecular complexity index is 1310. The van der Waals surface area contributed by atoms with Crippen molar-refractivity contribution in [1.82, 2.24) is 0 Å². The molecule has 0 saturated carbocycles. The molecule has 3 rings (SSSR count). The molecule has 0 N–H and O–H groups in total. The van der Waals surface area contributed by atoms with Gasteiger partial charge in [0.2, 0.25) is 11.6 Å². The summed E-state index contributed by atoms with van der Waals surface area (Å²) in [6, 6.07) is 4.93. The number of hydrogen-bond acceptors (Lipinski definition) is 4. The van der Waals surface area contributed by atoms with E-state index in [0.29, 0.717) is 12.4 Å². The van der Waals surface area contributed by atoms with Gasteiger partial charge in [-0.1, -0.05) is 27.7 Å². The molecule has 0 amide bonds. The zero-order chi connectivity index (χ0) is 35.7. The molecule has 0 bridgehead atoms. The third-order valence-electron chi connectivity index (χ3n) is 8.06. The summed E-state index contributed by atoms with van der Waals surface area (Å²) in [7, 11) is 0. The Balaban J connectivity index is 1.96. The number of rotatable bonds is 8. The lowest BCUT2D eigenvalue weighted by molar-refractivity contribution is -0.343. The van der Waals surface area contributed by atoms with Crippen molar-refractivity contribution in [3.63, 3.8) is 0 Å². The van der Waals surface area contributed by atoms with E-state index in [1.165, 1.54) is 52.0 Å². The summed E-state index contributed by atoms with van der Waals surface area (Å²) in [5.74, 6) is -31.1. The predicted octanol–water partition coefficient (Wildman–Crippen LogP) is 8.73. The van der Waals surface area contributed by atoms with Crippen molar-refractivity contribution < 1.29 is 71.1 Å². The summed E-state index contributed by atoms with van der Waals surface area (Å²) in [4.78, 5) is 27.1.